The number of nitrogens with one attached hydrogen (secondary N) is 1. The van der Waals surface area contributed by atoms with E-state index in [1.165, 1.54) is 6.92 Å². The smallest absolute Gasteiger partial charge is 0.234 e. The van der Waals surface area contributed by atoms with Gasteiger partial charge in [-0.3, -0.25) is 9.59 Å². The summed E-state index contributed by atoms with van der Waals surface area (Å²) < 4.78 is 0. The predicted molar refractivity (Wildman–Crippen MR) is 89.0 cm³/mol. The second-order valence-corrected chi connectivity index (χ2v) is 5.83. The monoisotopic (exact) mass is 296 g/mol. The van der Waals surface area contributed by atoms with Gasteiger partial charge in [0.05, 0.1) is 5.41 Å². The lowest BCUT2D eigenvalue weighted by Gasteiger charge is -2.24. The van der Waals surface area contributed by atoms with Crippen molar-refractivity contribution in [1.82, 2.24) is 0 Å². The summed E-state index contributed by atoms with van der Waals surface area (Å²) in [6.45, 7) is 5.23. The summed E-state index contributed by atoms with van der Waals surface area (Å²) in [6, 6.07) is 14.1. The van der Waals surface area contributed by atoms with Gasteiger partial charge >= 0.3 is 0 Å². The average Bonchev–Trinajstić information content (AvgIpc) is 2.48. The number of hydrogen-bond donors (Lipinski definition) is 2. The maximum atomic E-state index is 12.5. The Kier molecular flexibility index (Phi) is 4.31. The van der Waals surface area contributed by atoms with Crippen LogP contribution in [0.2, 0.25) is 0 Å². The van der Waals surface area contributed by atoms with Crippen molar-refractivity contribution in [2.24, 2.45) is 0 Å². The van der Waals surface area contributed by atoms with Crippen molar-refractivity contribution in [2.45, 2.75) is 26.2 Å². The molecular formula is C18H20N2O2. The maximum Gasteiger partial charge on any atom is 0.234 e. The number of nitrogens with two attached hydrogens (primary N) is 1. The van der Waals surface area contributed by atoms with Crippen molar-refractivity contribution in [3.8, 4) is 0 Å². The maximum absolute atomic E-state index is 12.5. The van der Waals surface area contributed by atoms with E-state index in [9.17, 15) is 9.59 Å². The standard InChI is InChI=1S/C18H20N2O2/c1-12(21)13-4-10-16(11-5-13)20-17(22)18(2,3)14-6-8-15(19)9-7-14/h4-11H,19H2,1-3H3,(H,20,22). The molecule has 4 heteroatoms. The number of carbonyl (C=O) groups excluding carboxylic acids is 2. The normalized spacial score (nSPS) is 11.0. The molecule has 4 nitrogen and oxygen atoms in total. The highest BCUT2D eigenvalue weighted by Crippen LogP contribution is 2.26. The first-order chi connectivity index (χ1) is 10.3. The summed E-state index contributed by atoms with van der Waals surface area (Å²) >= 11 is 0. The molecule has 0 aliphatic rings. The molecular weight excluding hydrogens is 276 g/mol. The van der Waals surface area contributed by atoms with Crippen molar-refractivity contribution in [3.05, 3.63) is 59.7 Å². The fraction of sp³-hybridized carbons (Fsp3) is 0.222. The van der Waals surface area contributed by atoms with Crippen molar-refractivity contribution in [3.63, 3.8) is 0 Å². The zero-order valence-corrected chi connectivity index (χ0v) is 13.0. The van der Waals surface area contributed by atoms with Gasteiger partial charge in [0.1, 0.15) is 0 Å². The largest absolute Gasteiger partial charge is 0.399 e. The van der Waals surface area contributed by atoms with Gasteiger partial charge in [0, 0.05) is 16.9 Å². The molecule has 0 aliphatic heterocycles. The third-order valence-electron chi connectivity index (χ3n) is 3.75. The van der Waals surface area contributed by atoms with E-state index < -0.39 is 5.41 Å². The number of anilines is 2. The molecule has 0 spiro atoms. The molecule has 114 valence electrons. The van der Waals surface area contributed by atoms with Gasteiger partial charge in [0.15, 0.2) is 5.78 Å². The minimum absolute atomic E-state index is 0.0000747. The van der Waals surface area contributed by atoms with Gasteiger partial charge in [-0.25, -0.2) is 0 Å². The van der Waals surface area contributed by atoms with E-state index in [0.717, 1.165) is 5.56 Å². The molecule has 0 bridgehead atoms. The molecule has 0 saturated carbocycles. The van der Waals surface area contributed by atoms with Gasteiger partial charge in [-0.15, -0.1) is 0 Å². The summed E-state index contributed by atoms with van der Waals surface area (Å²) in [5.41, 5.74) is 7.83. The Hall–Kier alpha value is -2.62. The number of hydrogen-bond acceptors (Lipinski definition) is 3. The highest BCUT2D eigenvalue weighted by Gasteiger charge is 2.29. The predicted octanol–water partition coefficient (Wildman–Crippen LogP) is 3.39. The van der Waals surface area contributed by atoms with Crippen molar-refractivity contribution in [2.75, 3.05) is 11.1 Å². The zero-order valence-electron chi connectivity index (χ0n) is 13.0. The number of rotatable bonds is 4. The van der Waals surface area contributed by atoms with E-state index in [0.29, 0.717) is 16.9 Å². The van der Waals surface area contributed by atoms with Crippen LogP contribution in [0.1, 0.15) is 36.7 Å². The van der Waals surface area contributed by atoms with E-state index in [-0.39, 0.29) is 11.7 Å². The van der Waals surface area contributed by atoms with Crippen LogP contribution in [0.5, 0.6) is 0 Å². The minimum atomic E-state index is -0.688. The van der Waals surface area contributed by atoms with Crippen LogP contribution in [-0.4, -0.2) is 11.7 Å². The van der Waals surface area contributed by atoms with Gasteiger partial charge in [-0.05, 0) is 62.7 Å². The number of carbonyl (C=O) groups is 2. The third kappa shape index (κ3) is 3.34. The second-order valence-electron chi connectivity index (χ2n) is 5.83. The first-order valence-corrected chi connectivity index (χ1v) is 7.09. The first kappa shape index (κ1) is 15.8. The van der Waals surface area contributed by atoms with Crippen LogP contribution >= 0.6 is 0 Å². The molecule has 0 saturated heterocycles. The molecule has 2 rings (SSSR count). The van der Waals surface area contributed by atoms with Crippen molar-refractivity contribution < 1.29 is 9.59 Å². The first-order valence-electron chi connectivity index (χ1n) is 7.09. The molecule has 2 aromatic carbocycles. The molecule has 0 heterocycles. The van der Waals surface area contributed by atoms with Crippen LogP contribution in [0.4, 0.5) is 11.4 Å². The molecule has 3 N–H and O–H groups in total. The third-order valence-corrected chi connectivity index (χ3v) is 3.75. The highest BCUT2D eigenvalue weighted by atomic mass is 16.2. The molecule has 0 atom stereocenters. The van der Waals surface area contributed by atoms with E-state index in [1.54, 1.807) is 36.4 Å². The average molecular weight is 296 g/mol. The Morgan fingerprint density at radius 1 is 0.955 bits per heavy atom. The van der Waals surface area contributed by atoms with Crippen molar-refractivity contribution in [1.29, 1.82) is 0 Å². The van der Waals surface area contributed by atoms with Crippen LogP contribution in [0.3, 0.4) is 0 Å². The fourth-order valence-corrected chi connectivity index (χ4v) is 2.11. The van der Waals surface area contributed by atoms with Gasteiger partial charge in [-0.2, -0.15) is 0 Å². The van der Waals surface area contributed by atoms with Gasteiger partial charge < -0.3 is 11.1 Å². The molecule has 1 amide bonds. The van der Waals surface area contributed by atoms with Crippen molar-refractivity contribution >= 4 is 23.1 Å². The zero-order chi connectivity index (χ0) is 16.3. The minimum Gasteiger partial charge on any atom is -0.399 e. The molecule has 0 aliphatic carbocycles. The van der Waals surface area contributed by atoms with Gasteiger partial charge in [0.25, 0.3) is 0 Å². The Morgan fingerprint density at radius 3 is 2.00 bits per heavy atom. The lowest BCUT2D eigenvalue weighted by Crippen LogP contribution is -2.34. The van der Waals surface area contributed by atoms with Crippen LogP contribution in [-0.2, 0) is 10.2 Å². The topological polar surface area (TPSA) is 72.2 Å². The number of benzene rings is 2. The quantitative estimate of drug-likeness (QED) is 0.671. The van der Waals surface area contributed by atoms with E-state index in [1.807, 2.05) is 26.0 Å². The van der Waals surface area contributed by atoms with Crippen LogP contribution in [0.15, 0.2) is 48.5 Å². The second kappa shape index (κ2) is 6.02. The molecule has 0 aromatic heterocycles. The lowest BCUT2D eigenvalue weighted by molar-refractivity contribution is -0.120. The molecule has 2 aromatic rings. The fourth-order valence-electron chi connectivity index (χ4n) is 2.11. The molecule has 0 radical (unpaired) electrons. The summed E-state index contributed by atoms with van der Waals surface area (Å²) in [7, 11) is 0. The van der Waals surface area contributed by atoms with Crippen LogP contribution < -0.4 is 11.1 Å². The summed E-state index contributed by atoms with van der Waals surface area (Å²) in [6.07, 6.45) is 0. The number of ketones is 1. The Labute approximate surface area is 130 Å². The Morgan fingerprint density at radius 2 is 1.50 bits per heavy atom. The van der Waals surface area contributed by atoms with E-state index in [4.69, 9.17) is 5.73 Å². The van der Waals surface area contributed by atoms with E-state index >= 15 is 0 Å². The molecule has 0 unspecified atom stereocenters. The van der Waals surface area contributed by atoms with Crippen LogP contribution in [0, 0.1) is 0 Å². The SMILES string of the molecule is CC(=O)c1ccc(NC(=O)C(C)(C)c2ccc(N)cc2)cc1. The lowest BCUT2D eigenvalue weighted by atomic mass is 9.83. The Bertz CT molecular complexity index is 686. The summed E-state index contributed by atoms with van der Waals surface area (Å²) in [5, 5.41) is 2.88. The number of nitrogen functional groups attached to an aromatic ring is 1. The van der Waals surface area contributed by atoms with Gasteiger partial charge in [-0.1, -0.05) is 12.1 Å². The number of amides is 1. The van der Waals surface area contributed by atoms with Gasteiger partial charge in [0.2, 0.25) is 5.91 Å². The highest BCUT2D eigenvalue weighted by molar-refractivity contribution is 5.99. The Balaban J connectivity index is 2.16. The van der Waals surface area contributed by atoms with E-state index in [2.05, 4.69) is 5.32 Å². The van der Waals surface area contributed by atoms with Crippen LogP contribution in [0.25, 0.3) is 0 Å². The summed E-state index contributed by atoms with van der Waals surface area (Å²) in [5.74, 6) is -0.118. The molecule has 22 heavy (non-hydrogen) atoms. The molecule has 0 fully saturated rings. The summed E-state index contributed by atoms with van der Waals surface area (Å²) in [4.78, 5) is 23.8. The number of Topliss-reactive ketones (excluding diaryl/α,β-unsaturated/α-hetero) is 1.